The highest BCUT2D eigenvalue weighted by molar-refractivity contribution is 8.02. The molecule has 0 aromatic carbocycles. The van der Waals surface area contributed by atoms with Crippen molar-refractivity contribution in [2.75, 3.05) is 6.26 Å². The lowest BCUT2D eigenvalue weighted by atomic mass is 11.2. The first-order chi connectivity index (χ1) is 2.27. The number of hydrogen-bond donors (Lipinski definition) is 1. The van der Waals surface area contributed by atoms with Crippen molar-refractivity contribution < 1.29 is 5.11 Å². The van der Waals surface area contributed by atoms with Crippen molar-refractivity contribution in [3.8, 4) is 0 Å². The third kappa shape index (κ3) is 3.89. The minimum Gasteiger partial charge on any atom is -0.503 e. The summed E-state index contributed by atoms with van der Waals surface area (Å²) in [5.74, 6) is 0. The van der Waals surface area contributed by atoms with Gasteiger partial charge in [-0.1, -0.05) is 11.8 Å². The van der Waals surface area contributed by atoms with E-state index < -0.39 is 0 Å². The van der Waals surface area contributed by atoms with E-state index in [2.05, 4.69) is 6.58 Å². The standard InChI is InChI=1S/C3H6OS/c1-3(4)5-2/h4H,1H2,2H3. The molecule has 0 aromatic rings. The summed E-state index contributed by atoms with van der Waals surface area (Å²) >= 11 is 1.24. The zero-order valence-electron chi connectivity index (χ0n) is 3.06. The molecule has 0 aliphatic heterocycles. The Kier molecular flexibility index (Phi) is 2.10. The van der Waals surface area contributed by atoms with Crippen LogP contribution in [0.4, 0.5) is 0 Å². The second-order valence-electron chi connectivity index (χ2n) is 0.598. The van der Waals surface area contributed by atoms with Gasteiger partial charge >= 0.3 is 0 Å². The van der Waals surface area contributed by atoms with Crippen molar-refractivity contribution in [2.45, 2.75) is 0 Å². The van der Waals surface area contributed by atoms with Crippen molar-refractivity contribution in [2.24, 2.45) is 0 Å². The molecule has 0 aliphatic carbocycles. The summed E-state index contributed by atoms with van der Waals surface area (Å²) in [6.07, 6.45) is 1.77. The van der Waals surface area contributed by atoms with Crippen molar-refractivity contribution in [1.29, 1.82) is 0 Å². The van der Waals surface area contributed by atoms with Gasteiger partial charge < -0.3 is 5.11 Å². The summed E-state index contributed by atoms with van der Waals surface area (Å²) in [4.78, 5) is 0. The van der Waals surface area contributed by atoms with Gasteiger partial charge in [-0.3, -0.25) is 0 Å². The van der Waals surface area contributed by atoms with Crippen LogP contribution < -0.4 is 0 Å². The van der Waals surface area contributed by atoms with Gasteiger partial charge in [-0.05, 0) is 12.8 Å². The molecular weight excluding hydrogens is 84.1 g/mol. The van der Waals surface area contributed by atoms with E-state index in [-0.39, 0.29) is 5.09 Å². The van der Waals surface area contributed by atoms with Crippen LogP contribution in [0.25, 0.3) is 0 Å². The zero-order valence-corrected chi connectivity index (χ0v) is 3.88. The molecular formula is C3H6OS. The second-order valence-corrected chi connectivity index (χ2v) is 1.48. The largest absolute Gasteiger partial charge is 0.503 e. The highest BCUT2D eigenvalue weighted by Crippen LogP contribution is 1.99. The first kappa shape index (κ1) is 4.89. The van der Waals surface area contributed by atoms with Crippen LogP contribution in [0.15, 0.2) is 11.7 Å². The molecule has 5 heavy (non-hydrogen) atoms. The first-order valence-corrected chi connectivity index (χ1v) is 2.41. The summed E-state index contributed by atoms with van der Waals surface area (Å²) in [5, 5.41) is 8.30. The molecule has 2 heteroatoms. The summed E-state index contributed by atoms with van der Waals surface area (Å²) in [5.41, 5.74) is 0. The fourth-order valence-electron chi connectivity index (χ4n) is 0. The SMILES string of the molecule is C=C(O)SC. The van der Waals surface area contributed by atoms with E-state index in [9.17, 15) is 0 Å². The predicted octanol–water partition coefficient (Wildman–Crippen LogP) is 1.38. The van der Waals surface area contributed by atoms with Gasteiger partial charge in [0, 0.05) is 0 Å². The molecule has 0 rings (SSSR count). The van der Waals surface area contributed by atoms with Crippen LogP contribution in [0.5, 0.6) is 0 Å². The van der Waals surface area contributed by atoms with Crippen LogP contribution >= 0.6 is 11.8 Å². The lowest BCUT2D eigenvalue weighted by molar-refractivity contribution is 0.459. The van der Waals surface area contributed by atoms with Crippen LogP contribution in [0.1, 0.15) is 0 Å². The topological polar surface area (TPSA) is 20.2 Å². The zero-order chi connectivity index (χ0) is 4.28. The van der Waals surface area contributed by atoms with E-state index >= 15 is 0 Å². The monoisotopic (exact) mass is 90.0 g/mol. The first-order valence-electron chi connectivity index (χ1n) is 1.19. The van der Waals surface area contributed by atoms with Crippen molar-refractivity contribution in [1.82, 2.24) is 0 Å². The summed E-state index contributed by atoms with van der Waals surface area (Å²) in [6, 6.07) is 0. The molecule has 0 aliphatic rings. The molecule has 0 saturated heterocycles. The van der Waals surface area contributed by atoms with Gasteiger partial charge in [0.2, 0.25) is 0 Å². The Morgan fingerprint density at radius 2 is 2.20 bits per heavy atom. The van der Waals surface area contributed by atoms with Crippen molar-refractivity contribution >= 4 is 11.8 Å². The van der Waals surface area contributed by atoms with Gasteiger partial charge in [0.25, 0.3) is 0 Å². The van der Waals surface area contributed by atoms with Gasteiger partial charge in [0.15, 0.2) is 0 Å². The van der Waals surface area contributed by atoms with Crippen LogP contribution in [-0.4, -0.2) is 11.4 Å². The molecule has 0 spiro atoms. The van der Waals surface area contributed by atoms with Gasteiger partial charge in [-0.15, -0.1) is 0 Å². The van der Waals surface area contributed by atoms with Crippen LogP contribution in [-0.2, 0) is 0 Å². The fourth-order valence-corrected chi connectivity index (χ4v) is 0. The normalized spacial score (nSPS) is 7.40. The third-order valence-corrected chi connectivity index (χ3v) is 0.707. The Balaban J connectivity index is 2.85. The highest BCUT2D eigenvalue weighted by Gasteiger charge is 1.71. The molecule has 0 amide bonds. The molecule has 0 radical (unpaired) electrons. The second kappa shape index (κ2) is 2.15. The molecule has 0 heterocycles. The molecule has 1 nitrogen and oxygen atoms in total. The average molecular weight is 90.1 g/mol. The van der Waals surface area contributed by atoms with Crippen molar-refractivity contribution in [3.63, 3.8) is 0 Å². The summed E-state index contributed by atoms with van der Waals surface area (Å²) < 4.78 is 0. The number of rotatable bonds is 1. The lowest BCUT2D eigenvalue weighted by Gasteiger charge is -1.79. The van der Waals surface area contributed by atoms with Crippen molar-refractivity contribution in [3.05, 3.63) is 11.7 Å². The van der Waals surface area contributed by atoms with Gasteiger partial charge in [0.05, 0.1) is 0 Å². The molecule has 0 bridgehead atoms. The van der Waals surface area contributed by atoms with Crippen LogP contribution in [0.3, 0.4) is 0 Å². The average Bonchev–Trinajstić information content (AvgIpc) is 1.38. The number of hydrogen-bond acceptors (Lipinski definition) is 2. The molecule has 0 aromatic heterocycles. The van der Waals surface area contributed by atoms with E-state index in [1.807, 2.05) is 0 Å². The molecule has 30 valence electrons. The summed E-state index contributed by atoms with van der Waals surface area (Å²) in [7, 11) is 0. The summed E-state index contributed by atoms with van der Waals surface area (Å²) in [6.45, 7) is 3.19. The van der Waals surface area contributed by atoms with Crippen LogP contribution in [0.2, 0.25) is 0 Å². The Bertz CT molecular complexity index is 42.2. The van der Waals surface area contributed by atoms with E-state index in [1.54, 1.807) is 6.26 Å². The van der Waals surface area contributed by atoms with Crippen LogP contribution in [0, 0.1) is 0 Å². The Morgan fingerprint density at radius 1 is 2.00 bits per heavy atom. The van der Waals surface area contributed by atoms with Gasteiger partial charge in [-0.25, -0.2) is 0 Å². The quantitative estimate of drug-likeness (QED) is 0.491. The molecule has 1 N–H and O–H groups in total. The molecule has 0 atom stereocenters. The maximum absolute atomic E-state index is 8.13. The number of aliphatic hydroxyl groups excluding tert-OH is 1. The number of thioether (sulfide) groups is 1. The van der Waals surface area contributed by atoms with E-state index in [1.165, 1.54) is 11.8 Å². The molecule has 0 unspecified atom stereocenters. The Morgan fingerprint density at radius 3 is 2.20 bits per heavy atom. The molecule has 0 fully saturated rings. The maximum Gasteiger partial charge on any atom is 0.142 e. The van der Waals surface area contributed by atoms with E-state index in [4.69, 9.17) is 5.11 Å². The predicted molar refractivity (Wildman–Crippen MR) is 25.3 cm³/mol. The van der Waals surface area contributed by atoms with E-state index in [0.717, 1.165) is 0 Å². The van der Waals surface area contributed by atoms with Gasteiger partial charge in [0.1, 0.15) is 5.09 Å². The van der Waals surface area contributed by atoms with Gasteiger partial charge in [-0.2, -0.15) is 0 Å². The lowest BCUT2D eigenvalue weighted by Crippen LogP contribution is -1.58. The Hall–Kier alpha value is -0.110. The number of aliphatic hydroxyl groups is 1. The minimum absolute atomic E-state index is 0.171. The third-order valence-electron chi connectivity index (χ3n) is 0.236. The fraction of sp³-hybridized carbons (Fsp3) is 0.333. The smallest absolute Gasteiger partial charge is 0.142 e. The Labute approximate surface area is 35.7 Å². The highest BCUT2D eigenvalue weighted by atomic mass is 32.2. The molecule has 0 saturated carbocycles. The van der Waals surface area contributed by atoms with E-state index in [0.29, 0.717) is 0 Å². The minimum atomic E-state index is 0.171. The maximum atomic E-state index is 8.13.